The van der Waals surface area contributed by atoms with Gasteiger partial charge >= 0.3 is 0 Å². The molecule has 0 aliphatic heterocycles. The molecule has 0 saturated heterocycles. The summed E-state index contributed by atoms with van der Waals surface area (Å²) in [6.45, 7) is 5.39. The highest BCUT2D eigenvalue weighted by Gasteiger charge is 2.17. The summed E-state index contributed by atoms with van der Waals surface area (Å²) in [5.41, 5.74) is 0.750. The molecule has 6 nitrogen and oxygen atoms in total. The predicted octanol–water partition coefficient (Wildman–Crippen LogP) is 2.40. The number of guanidine groups is 1. The molecule has 0 spiro atoms. The summed E-state index contributed by atoms with van der Waals surface area (Å²) in [4.78, 5) is 14.7. The molecule has 0 fully saturated rings. The molecule has 0 heterocycles. The monoisotopic (exact) mass is 310 g/mol. The number of hydrogen-bond donors (Lipinski definition) is 2. The minimum atomic E-state index is -0.371. The number of nitro groups is 1. The predicted molar refractivity (Wildman–Crippen MR) is 88.9 cm³/mol. The van der Waals surface area contributed by atoms with E-state index < -0.39 is 0 Å². The third kappa shape index (κ3) is 5.63. The first-order chi connectivity index (χ1) is 9.89. The number of benzene rings is 1. The molecule has 0 unspecified atom stereocenters. The molecule has 7 heteroatoms. The quantitative estimate of drug-likeness (QED) is 0.365. The molecule has 0 aliphatic rings. The first-order valence-electron chi connectivity index (χ1n) is 6.61. The Hall–Kier alpha value is -1.76. The van der Waals surface area contributed by atoms with Gasteiger partial charge in [0.05, 0.1) is 4.92 Å². The fourth-order valence-electron chi connectivity index (χ4n) is 1.61. The van der Waals surface area contributed by atoms with Gasteiger partial charge in [-0.25, -0.2) is 0 Å². The largest absolute Gasteiger partial charge is 0.355 e. The zero-order valence-electron chi connectivity index (χ0n) is 12.8. The van der Waals surface area contributed by atoms with Gasteiger partial charge in [-0.1, -0.05) is 18.2 Å². The fraction of sp³-hybridized carbons (Fsp3) is 0.500. The molecule has 0 radical (unpaired) electrons. The molecule has 0 aliphatic carbocycles. The maximum absolute atomic E-state index is 11.0. The van der Waals surface area contributed by atoms with Gasteiger partial charge in [0.2, 0.25) is 0 Å². The van der Waals surface area contributed by atoms with E-state index >= 15 is 0 Å². The molecule has 1 aromatic carbocycles. The Morgan fingerprint density at radius 2 is 2.05 bits per heavy atom. The van der Waals surface area contributed by atoms with E-state index in [1.807, 2.05) is 0 Å². The second kappa shape index (κ2) is 7.87. The van der Waals surface area contributed by atoms with Crippen molar-refractivity contribution in [3.05, 3.63) is 39.9 Å². The summed E-state index contributed by atoms with van der Waals surface area (Å²) in [6, 6.07) is 6.70. The number of aliphatic imine (C=N–C) groups is 1. The molecule has 0 atom stereocenters. The highest BCUT2D eigenvalue weighted by atomic mass is 32.2. The summed E-state index contributed by atoms with van der Waals surface area (Å²) in [5.74, 6) is 0.635. The Morgan fingerprint density at radius 3 is 2.62 bits per heavy atom. The maximum atomic E-state index is 11.0. The lowest BCUT2D eigenvalue weighted by atomic mass is 10.2. The van der Waals surface area contributed by atoms with Crippen LogP contribution < -0.4 is 10.6 Å². The van der Waals surface area contributed by atoms with Crippen molar-refractivity contribution in [3.63, 3.8) is 0 Å². The summed E-state index contributed by atoms with van der Waals surface area (Å²) in [7, 11) is 1.68. The zero-order chi connectivity index (χ0) is 15.9. The number of hydrogen-bond acceptors (Lipinski definition) is 4. The van der Waals surface area contributed by atoms with Crippen LogP contribution >= 0.6 is 11.8 Å². The molecule has 1 rings (SSSR count). The van der Waals surface area contributed by atoms with E-state index in [0.717, 1.165) is 6.54 Å². The smallest absolute Gasteiger partial charge is 0.274 e. The third-order valence-electron chi connectivity index (χ3n) is 3.09. The Kier molecular flexibility index (Phi) is 6.48. The van der Waals surface area contributed by atoms with Crippen LogP contribution in [0.1, 0.15) is 19.4 Å². The van der Waals surface area contributed by atoms with Crippen LogP contribution in [-0.2, 0) is 6.54 Å². The number of rotatable bonds is 6. The van der Waals surface area contributed by atoms with Crippen molar-refractivity contribution in [3.8, 4) is 0 Å². The molecule has 1 aromatic rings. The molecular formula is C14H22N4O2S. The molecule has 0 saturated carbocycles. The molecule has 21 heavy (non-hydrogen) atoms. The number of nitrogens with zero attached hydrogens (tertiary/aromatic N) is 2. The van der Waals surface area contributed by atoms with Gasteiger partial charge < -0.3 is 10.6 Å². The first kappa shape index (κ1) is 17.3. The van der Waals surface area contributed by atoms with Gasteiger partial charge in [0.25, 0.3) is 5.69 Å². The van der Waals surface area contributed by atoms with Gasteiger partial charge in [0.1, 0.15) is 0 Å². The summed E-state index contributed by atoms with van der Waals surface area (Å²) in [6.07, 6.45) is 2.06. The summed E-state index contributed by atoms with van der Waals surface area (Å²) < 4.78 is 0.0936. The van der Waals surface area contributed by atoms with E-state index in [-0.39, 0.29) is 15.4 Å². The molecular weight excluding hydrogens is 288 g/mol. The standard InChI is InChI=1S/C14H22N4O2S/c1-14(2,21-4)10-17-13(15-3)16-9-11-7-5-6-8-12(11)18(19)20/h5-8H,9-10H2,1-4H3,(H2,15,16,17). The highest BCUT2D eigenvalue weighted by Crippen LogP contribution is 2.19. The fourth-order valence-corrected chi connectivity index (χ4v) is 1.82. The first-order valence-corrected chi connectivity index (χ1v) is 7.84. The van der Waals surface area contributed by atoms with Crippen molar-refractivity contribution in [1.29, 1.82) is 0 Å². The van der Waals surface area contributed by atoms with E-state index in [0.29, 0.717) is 18.1 Å². The van der Waals surface area contributed by atoms with Crippen LogP contribution in [-0.4, -0.2) is 35.5 Å². The van der Waals surface area contributed by atoms with E-state index in [4.69, 9.17) is 0 Å². The number of nitro benzene ring substituents is 1. The van der Waals surface area contributed by atoms with Crippen molar-refractivity contribution in [2.24, 2.45) is 4.99 Å². The lowest BCUT2D eigenvalue weighted by Gasteiger charge is -2.23. The van der Waals surface area contributed by atoms with Crippen LogP contribution in [0.5, 0.6) is 0 Å². The van der Waals surface area contributed by atoms with Gasteiger partial charge in [-0.15, -0.1) is 0 Å². The average molecular weight is 310 g/mol. The van der Waals surface area contributed by atoms with Crippen LogP contribution in [0.4, 0.5) is 5.69 Å². The van der Waals surface area contributed by atoms with Gasteiger partial charge in [-0.05, 0) is 20.1 Å². The van der Waals surface area contributed by atoms with Crippen molar-refractivity contribution < 1.29 is 4.92 Å². The van der Waals surface area contributed by atoms with Crippen LogP contribution in [0.3, 0.4) is 0 Å². The van der Waals surface area contributed by atoms with Gasteiger partial charge in [-0.3, -0.25) is 15.1 Å². The second-order valence-electron chi connectivity index (χ2n) is 5.13. The Balaban J connectivity index is 2.63. The zero-order valence-corrected chi connectivity index (χ0v) is 13.7. The molecule has 116 valence electrons. The van der Waals surface area contributed by atoms with Gasteiger partial charge in [0.15, 0.2) is 5.96 Å². The molecule has 0 bridgehead atoms. The molecule has 0 aromatic heterocycles. The Labute approximate surface area is 129 Å². The van der Waals surface area contributed by atoms with Gasteiger partial charge in [0, 0.05) is 36.5 Å². The van der Waals surface area contributed by atoms with Crippen LogP contribution in [0.25, 0.3) is 0 Å². The van der Waals surface area contributed by atoms with Crippen LogP contribution in [0, 0.1) is 10.1 Å². The highest BCUT2D eigenvalue weighted by molar-refractivity contribution is 7.99. The minimum Gasteiger partial charge on any atom is -0.355 e. The molecule has 0 amide bonds. The van der Waals surface area contributed by atoms with Crippen molar-refractivity contribution in [1.82, 2.24) is 10.6 Å². The van der Waals surface area contributed by atoms with Crippen molar-refractivity contribution in [2.45, 2.75) is 25.1 Å². The van der Waals surface area contributed by atoms with E-state index in [1.165, 1.54) is 6.07 Å². The number of para-hydroxylation sites is 1. The lowest BCUT2D eigenvalue weighted by Crippen LogP contribution is -2.43. The lowest BCUT2D eigenvalue weighted by molar-refractivity contribution is -0.385. The minimum absolute atomic E-state index is 0.0936. The molecule has 2 N–H and O–H groups in total. The Morgan fingerprint density at radius 1 is 1.38 bits per heavy atom. The number of thioether (sulfide) groups is 1. The van der Waals surface area contributed by atoms with E-state index in [2.05, 4.69) is 35.7 Å². The normalized spacial score (nSPS) is 12.1. The summed E-state index contributed by atoms with van der Waals surface area (Å²) >= 11 is 1.77. The van der Waals surface area contributed by atoms with E-state index in [9.17, 15) is 10.1 Å². The topological polar surface area (TPSA) is 79.6 Å². The SMILES string of the molecule is CN=C(NCc1ccccc1[N+](=O)[O-])NCC(C)(C)SC. The Bertz CT molecular complexity index is 517. The van der Waals surface area contributed by atoms with Crippen molar-refractivity contribution >= 4 is 23.4 Å². The third-order valence-corrected chi connectivity index (χ3v) is 4.34. The maximum Gasteiger partial charge on any atom is 0.274 e. The number of nitrogens with one attached hydrogen (secondary N) is 2. The summed E-state index contributed by atoms with van der Waals surface area (Å²) in [5, 5.41) is 17.3. The van der Waals surface area contributed by atoms with E-state index in [1.54, 1.807) is 37.0 Å². The average Bonchev–Trinajstić information content (AvgIpc) is 2.47. The van der Waals surface area contributed by atoms with Crippen molar-refractivity contribution in [2.75, 3.05) is 19.8 Å². The van der Waals surface area contributed by atoms with Gasteiger partial charge in [-0.2, -0.15) is 11.8 Å². The second-order valence-corrected chi connectivity index (χ2v) is 6.64. The van der Waals surface area contributed by atoms with Crippen LogP contribution in [0.2, 0.25) is 0 Å². The van der Waals surface area contributed by atoms with Crippen LogP contribution in [0.15, 0.2) is 29.3 Å².